The van der Waals surface area contributed by atoms with Crippen molar-refractivity contribution in [2.24, 2.45) is 5.73 Å². The third-order valence-electron chi connectivity index (χ3n) is 3.09. The maximum Gasteiger partial charge on any atom is 0.106 e. The minimum Gasteiger partial charge on any atom is -0.389 e. The molecule has 5 heteroatoms. The first-order valence-electron chi connectivity index (χ1n) is 5.85. The van der Waals surface area contributed by atoms with Gasteiger partial charge in [0.1, 0.15) is 4.99 Å². The van der Waals surface area contributed by atoms with E-state index in [4.69, 9.17) is 18.0 Å². The van der Waals surface area contributed by atoms with Gasteiger partial charge in [-0.25, -0.2) is 4.68 Å². The summed E-state index contributed by atoms with van der Waals surface area (Å²) in [6.07, 6.45) is 4.39. The Morgan fingerprint density at radius 2 is 2.17 bits per heavy atom. The summed E-state index contributed by atoms with van der Waals surface area (Å²) in [6.45, 7) is 6.19. The minimum atomic E-state index is 0.359. The molecule has 0 saturated heterocycles. The smallest absolute Gasteiger partial charge is 0.106 e. The van der Waals surface area contributed by atoms with Gasteiger partial charge in [-0.1, -0.05) is 19.1 Å². The number of thiocarbonyl (C=S) groups is 1. The lowest BCUT2D eigenvalue weighted by atomic mass is 10.1. The molecule has 2 N–H and O–H groups in total. The summed E-state index contributed by atoms with van der Waals surface area (Å²) in [7, 11) is 0. The Labute approximate surface area is 112 Å². The fraction of sp³-hybridized carbons (Fsp3) is 0.308. The molecule has 2 rings (SSSR count). The van der Waals surface area contributed by atoms with Gasteiger partial charge in [-0.2, -0.15) is 5.10 Å². The van der Waals surface area contributed by atoms with Crippen molar-refractivity contribution in [3.63, 3.8) is 0 Å². The van der Waals surface area contributed by atoms with Gasteiger partial charge in [-0.05, 0) is 31.9 Å². The Balaban J connectivity index is 2.66. The van der Waals surface area contributed by atoms with E-state index in [1.54, 1.807) is 12.4 Å². The van der Waals surface area contributed by atoms with Gasteiger partial charge in [-0.3, -0.25) is 4.98 Å². The molecule has 0 fully saturated rings. The Hall–Kier alpha value is -1.75. The summed E-state index contributed by atoms with van der Waals surface area (Å²) in [5.41, 5.74) is 10.8. The minimum absolute atomic E-state index is 0.359. The predicted molar refractivity (Wildman–Crippen MR) is 76.1 cm³/mol. The first-order valence-corrected chi connectivity index (χ1v) is 6.26. The van der Waals surface area contributed by atoms with E-state index in [2.05, 4.69) is 23.9 Å². The maximum absolute atomic E-state index is 5.74. The molecule has 2 aromatic rings. The highest BCUT2D eigenvalue weighted by molar-refractivity contribution is 7.80. The van der Waals surface area contributed by atoms with Crippen LogP contribution in [0.2, 0.25) is 0 Å². The lowest BCUT2D eigenvalue weighted by Crippen LogP contribution is -2.15. The van der Waals surface area contributed by atoms with Gasteiger partial charge in [0.05, 0.1) is 17.6 Å². The highest BCUT2D eigenvalue weighted by atomic mass is 32.1. The van der Waals surface area contributed by atoms with E-state index in [1.165, 1.54) is 5.56 Å². The van der Waals surface area contributed by atoms with Crippen LogP contribution in [0.3, 0.4) is 0 Å². The van der Waals surface area contributed by atoms with E-state index in [-0.39, 0.29) is 0 Å². The summed E-state index contributed by atoms with van der Waals surface area (Å²) < 4.78 is 1.87. The van der Waals surface area contributed by atoms with Gasteiger partial charge in [0.15, 0.2) is 0 Å². The van der Waals surface area contributed by atoms with E-state index in [1.807, 2.05) is 17.7 Å². The number of pyridine rings is 1. The van der Waals surface area contributed by atoms with Crippen molar-refractivity contribution in [1.29, 1.82) is 0 Å². The van der Waals surface area contributed by atoms with E-state index >= 15 is 0 Å². The zero-order valence-corrected chi connectivity index (χ0v) is 11.6. The van der Waals surface area contributed by atoms with Crippen LogP contribution in [-0.4, -0.2) is 19.8 Å². The second-order valence-electron chi connectivity index (χ2n) is 4.17. The molecule has 0 unspecified atom stereocenters. The van der Waals surface area contributed by atoms with Gasteiger partial charge in [-0.15, -0.1) is 0 Å². The molecular formula is C13H16N4S. The molecule has 0 aromatic carbocycles. The molecule has 18 heavy (non-hydrogen) atoms. The highest BCUT2D eigenvalue weighted by Gasteiger charge is 2.14. The van der Waals surface area contributed by atoms with Crippen molar-refractivity contribution in [2.45, 2.75) is 27.2 Å². The van der Waals surface area contributed by atoms with Crippen molar-refractivity contribution in [3.05, 3.63) is 41.0 Å². The number of nitrogens with zero attached hydrogens (tertiary/aromatic N) is 3. The summed E-state index contributed by atoms with van der Waals surface area (Å²) >= 11 is 5.07. The molecule has 2 aromatic heterocycles. The summed E-state index contributed by atoms with van der Waals surface area (Å²) in [6, 6.07) is 1.82. The van der Waals surface area contributed by atoms with Gasteiger partial charge in [0, 0.05) is 17.5 Å². The molecule has 4 nitrogen and oxygen atoms in total. The summed E-state index contributed by atoms with van der Waals surface area (Å²) in [5, 5.41) is 4.56. The monoisotopic (exact) mass is 260 g/mol. The normalized spacial score (nSPS) is 10.6. The Morgan fingerprint density at radius 1 is 1.44 bits per heavy atom. The van der Waals surface area contributed by atoms with Crippen molar-refractivity contribution < 1.29 is 0 Å². The average Bonchev–Trinajstić information content (AvgIpc) is 2.64. The summed E-state index contributed by atoms with van der Waals surface area (Å²) in [5.74, 6) is 0. The number of aromatic nitrogens is 3. The molecule has 0 saturated carbocycles. The van der Waals surface area contributed by atoms with Crippen LogP contribution in [0.15, 0.2) is 18.5 Å². The molecule has 0 aliphatic heterocycles. The van der Waals surface area contributed by atoms with Gasteiger partial charge in [0.25, 0.3) is 0 Å². The molecule has 0 spiro atoms. The van der Waals surface area contributed by atoms with Crippen molar-refractivity contribution in [3.8, 4) is 5.69 Å². The third-order valence-corrected chi connectivity index (χ3v) is 3.31. The zero-order valence-electron chi connectivity index (χ0n) is 10.8. The molecule has 2 heterocycles. The quantitative estimate of drug-likeness (QED) is 0.858. The van der Waals surface area contributed by atoms with Crippen LogP contribution < -0.4 is 5.73 Å². The molecule has 0 radical (unpaired) electrons. The van der Waals surface area contributed by atoms with E-state index in [9.17, 15) is 0 Å². The highest BCUT2D eigenvalue weighted by Crippen LogP contribution is 2.20. The van der Waals surface area contributed by atoms with Crippen molar-refractivity contribution >= 4 is 17.2 Å². The lowest BCUT2D eigenvalue weighted by molar-refractivity contribution is 0.826. The van der Waals surface area contributed by atoms with Crippen LogP contribution in [0.5, 0.6) is 0 Å². The first kappa shape index (κ1) is 12.7. The fourth-order valence-electron chi connectivity index (χ4n) is 2.18. The summed E-state index contributed by atoms with van der Waals surface area (Å²) in [4.78, 5) is 4.49. The zero-order chi connectivity index (χ0) is 13.3. The maximum atomic E-state index is 5.74. The molecule has 0 bridgehead atoms. The van der Waals surface area contributed by atoms with Crippen LogP contribution in [0, 0.1) is 13.8 Å². The molecule has 0 aliphatic rings. The molecule has 0 atom stereocenters. The average molecular weight is 260 g/mol. The van der Waals surface area contributed by atoms with Gasteiger partial charge in [0.2, 0.25) is 0 Å². The Morgan fingerprint density at radius 3 is 2.72 bits per heavy atom. The molecular weight excluding hydrogens is 244 g/mol. The van der Waals surface area contributed by atoms with Crippen molar-refractivity contribution in [2.75, 3.05) is 0 Å². The lowest BCUT2D eigenvalue weighted by Gasteiger charge is -2.09. The van der Waals surface area contributed by atoms with Crippen LogP contribution in [0.1, 0.15) is 29.4 Å². The number of hydrogen-bond acceptors (Lipinski definition) is 3. The van der Waals surface area contributed by atoms with Crippen LogP contribution in [-0.2, 0) is 6.42 Å². The standard InChI is InChI=1S/C13H16N4S/c1-4-10-8(2)16-17(9(10)3)12-7-15-6-5-11(12)13(14)18/h5-7H,4H2,1-3H3,(H2,14,18). The second-order valence-corrected chi connectivity index (χ2v) is 4.61. The molecule has 94 valence electrons. The number of nitrogens with two attached hydrogens (primary N) is 1. The van der Waals surface area contributed by atoms with Gasteiger partial charge >= 0.3 is 0 Å². The largest absolute Gasteiger partial charge is 0.389 e. The molecule has 0 aliphatic carbocycles. The number of rotatable bonds is 3. The van der Waals surface area contributed by atoms with Crippen LogP contribution in [0.4, 0.5) is 0 Å². The van der Waals surface area contributed by atoms with E-state index < -0.39 is 0 Å². The van der Waals surface area contributed by atoms with Crippen LogP contribution in [0.25, 0.3) is 5.69 Å². The van der Waals surface area contributed by atoms with E-state index in [0.29, 0.717) is 4.99 Å². The SMILES string of the molecule is CCc1c(C)nn(-c2cnccc2C(N)=S)c1C. The second kappa shape index (κ2) is 4.86. The first-order chi connectivity index (χ1) is 8.56. The van der Waals surface area contributed by atoms with Gasteiger partial charge < -0.3 is 5.73 Å². The predicted octanol–water partition coefficient (Wildman–Crippen LogP) is 2.08. The third kappa shape index (κ3) is 2.01. The fourth-order valence-corrected chi connectivity index (χ4v) is 2.36. The Bertz CT molecular complexity index is 601. The molecule has 0 amide bonds. The van der Waals surface area contributed by atoms with E-state index in [0.717, 1.165) is 29.1 Å². The van der Waals surface area contributed by atoms with Crippen molar-refractivity contribution in [1.82, 2.24) is 14.8 Å². The van der Waals surface area contributed by atoms with Crippen LogP contribution >= 0.6 is 12.2 Å². The number of aryl methyl sites for hydroxylation is 1. The Kier molecular flexibility index (Phi) is 3.43. The number of hydrogen-bond donors (Lipinski definition) is 1. The topological polar surface area (TPSA) is 56.7 Å².